The Balaban J connectivity index is 1.81. The molecule has 1 unspecified atom stereocenters. The van der Waals surface area contributed by atoms with Crippen molar-refractivity contribution in [2.45, 2.75) is 52.0 Å². The van der Waals surface area contributed by atoms with Gasteiger partial charge in [0.1, 0.15) is 5.82 Å². The molecule has 1 aromatic carbocycles. The third-order valence-electron chi connectivity index (χ3n) is 3.98. The molecule has 0 aromatic heterocycles. The molecule has 0 spiro atoms. The molecule has 1 aromatic rings. The van der Waals surface area contributed by atoms with E-state index >= 15 is 0 Å². The SMILES string of the molecule is Cc1ccc(C(C)NCCC2=CCCCC2)cc1F. The number of halogens is 1. The second-order valence-corrected chi connectivity index (χ2v) is 5.54. The van der Waals surface area contributed by atoms with E-state index in [9.17, 15) is 4.39 Å². The van der Waals surface area contributed by atoms with Crippen molar-refractivity contribution < 1.29 is 4.39 Å². The Labute approximate surface area is 115 Å². The van der Waals surface area contributed by atoms with Crippen LogP contribution in [0.5, 0.6) is 0 Å². The summed E-state index contributed by atoms with van der Waals surface area (Å²) in [5.74, 6) is -0.110. The second kappa shape index (κ2) is 6.85. The maximum Gasteiger partial charge on any atom is 0.126 e. The molecule has 0 heterocycles. The minimum absolute atomic E-state index is 0.110. The third-order valence-corrected chi connectivity index (χ3v) is 3.98. The normalized spacial score (nSPS) is 17.1. The van der Waals surface area contributed by atoms with E-state index in [1.807, 2.05) is 12.1 Å². The molecule has 0 amide bonds. The van der Waals surface area contributed by atoms with Crippen LogP contribution in [0, 0.1) is 12.7 Å². The van der Waals surface area contributed by atoms with E-state index in [2.05, 4.69) is 18.3 Å². The largest absolute Gasteiger partial charge is 0.310 e. The first kappa shape index (κ1) is 14.3. The van der Waals surface area contributed by atoms with E-state index in [0.29, 0.717) is 5.56 Å². The Morgan fingerprint density at radius 2 is 2.16 bits per heavy atom. The lowest BCUT2D eigenvalue weighted by Crippen LogP contribution is -2.20. The monoisotopic (exact) mass is 261 g/mol. The van der Waals surface area contributed by atoms with E-state index in [1.165, 1.54) is 25.7 Å². The highest BCUT2D eigenvalue weighted by Crippen LogP contribution is 2.20. The smallest absolute Gasteiger partial charge is 0.126 e. The highest BCUT2D eigenvalue weighted by atomic mass is 19.1. The van der Waals surface area contributed by atoms with Crippen molar-refractivity contribution in [2.24, 2.45) is 0 Å². The summed E-state index contributed by atoms with van der Waals surface area (Å²) in [4.78, 5) is 0. The summed E-state index contributed by atoms with van der Waals surface area (Å²) < 4.78 is 13.5. The number of aryl methyl sites for hydroxylation is 1. The number of allylic oxidation sites excluding steroid dienone is 1. The fraction of sp³-hybridized carbons (Fsp3) is 0.529. The van der Waals surface area contributed by atoms with E-state index in [1.54, 1.807) is 18.6 Å². The van der Waals surface area contributed by atoms with E-state index in [4.69, 9.17) is 0 Å². The first-order valence-electron chi connectivity index (χ1n) is 7.34. The zero-order valence-electron chi connectivity index (χ0n) is 12.0. The van der Waals surface area contributed by atoms with Crippen molar-refractivity contribution in [3.05, 3.63) is 46.8 Å². The molecule has 1 aliphatic carbocycles. The van der Waals surface area contributed by atoms with Crippen molar-refractivity contribution in [3.63, 3.8) is 0 Å². The standard InChI is InChI=1S/C17H24FN/c1-13-8-9-16(12-17(13)18)14(2)19-11-10-15-6-4-3-5-7-15/h6,8-9,12,14,19H,3-5,7,10-11H2,1-2H3. The van der Waals surface area contributed by atoms with Crippen LogP contribution < -0.4 is 5.32 Å². The molecule has 1 atom stereocenters. The lowest BCUT2D eigenvalue weighted by molar-refractivity contribution is 0.554. The van der Waals surface area contributed by atoms with Gasteiger partial charge < -0.3 is 5.32 Å². The van der Waals surface area contributed by atoms with Crippen LogP contribution in [0.3, 0.4) is 0 Å². The van der Waals surface area contributed by atoms with Gasteiger partial charge in [-0.1, -0.05) is 23.8 Å². The molecule has 1 aliphatic rings. The molecule has 0 fully saturated rings. The number of hydrogen-bond donors (Lipinski definition) is 1. The molecule has 19 heavy (non-hydrogen) atoms. The van der Waals surface area contributed by atoms with Gasteiger partial charge in [-0.05, 0) is 69.7 Å². The molecular weight excluding hydrogens is 237 g/mol. The lowest BCUT2D eigenvalue weighted by atomic mass is 9.97. The first-order valence-corrected chi connectivity index (χ1v) is 7.34. The van der Waals surface area contributed by atoms with Crippen LogP contribution in [0.15, 0.2) is 29.8 Å². The average Bonchev–Trinajstić information content (AvgIpc) is 2.43. The Morgan fingerprint density at radius 1 is 1.32 bits per heavy atom. The molecule has 1 nitrogen and oxygen atoms in total. The van der Waals surface area contributed by atoms with Gasteiger partial charge in [-0.3, -0.25) is 0 Å². The number of hydrogen-bond acceptors (Lipinski definition) is 1. The molecule has 0 saturated carbocycles. The van der Waals surface area contributed by atoms with Crippen molar-refractivity contribution in [1.29, 1.82) is 0 Å². The summed E-state index contributed by atoms with van der Waals surface area (Å²) in [5, 5.41) is 3.49. The molecule has 0 radical (unpaired) electrons. The maximum absolute atomic E-state index is 13.5. The number of benzene rings is 1. The summed E-state index contributed by atoms with van der Waals surface area (Å²) in [6.07, 6.45) is 8.70. The minimum atomic E-state index is -0.110. The van der Waals surface area contributed by atoms with Gasteiger partial charge in [0.2, 0.25) is 0 Å². The average molecular weight is 261 g/mol. The maximum atomic E-state index is 13.5. The van der Waals surface area contributed by atoms with Gasteiger partial charge in [0.25, 0.3) is 0 Å². The van der Waals surface area contributed by atoms with Gasteiger partial charge in [-0.2, -0.15) is 0 Å². The fourth-order valence-electron chi connectivity index (χ4n) is 2.58. The van der Waals surface area contributed by atoms with Crippen molar-refractivity contribution >= 4 is 0 Å². The Hall–Kier alpha value is -1.15. The Bertz CT molecular complexity index is 451. The molecule has 2 rings (SSSR count). The zero-order valence-corrected chi connectivity index (χ0v) is 12.0. The molecular formula is C17H24FN. The highest BCUT2D eigenvalue weighted by Gasteiger charge is 2.08. The zero-order chi connectivity index (χ0) is 13.7. The van der Waals surface area contributed by atoms with Crippen LogP contribution in [-0.4, -0.2) is 6.54 Å². The van der Waals surface area contributed by atoms with Crippen LogP contribution in [-0.2, 0) is 0 Å². The summed E-state index contributed by atoms with van der Waals surface area (Å²) in [6, 6.07) is 5.72. The summed E-state index contributed by atoms with van der Waals surface area (Å²) in [5.41, 5.74) is 3.32. The predicted molar refractivity (Wildman–Crippen MR) is 78.7 cm³/mol. The van der Waals surface area contributed by atoms with Crippen LogP contribution >= 0.6 is 0 Å². The molecule has 0 saturated heterocycles. The first-order chi connectivity index (χ1) is 9.16. The topological polar surface area (TPSA) is 12.0 Å². The van der Waals surface area contributed by atoms with Crippen LogP contribution in [0.2, 0.25) is 0 Å². The summed E-state index contributed by atoms with van der Waals surface area (Å²) >= 11 is 0. The van der Waals surface area contributed by atoms with Crippen LogP contribution in [0.1, 0.15) is 56.2 Å². The number of rotatable bonds is 5. The van der Waals surface area contributed by atoms with Gasteiger partial charge in [0.15, 0.2) is 0 Å². The van der Waals surface area contributed by atoms with Crippen molar-refractivity contribution in [1.82, 2.24) is 5.32 Å². The molecule has 104 valence electrons. The summed E-state index contributed by atoms with van der Waals surface area (Å²) in [6.45, 7) is 4.87. The Morgan fingerprint density at radius 3 is 2.84 bits per heavy atom. The van der Waals surface area contributed by atoms with Gasteiger partial charge >= 0.3 is 0 Å². The number of nitrogens with one attached hydrogen (secondary N) is 1. The van der Waals surface area contributed by atoms with Gasteiger partial charge in [0, 0.05) is 6.04 Å². The Kier molecular flexibility index (Phi) is 5.15. The quantitative estimate of drug-likeness (QED) is 0.759. The van der Waals surface area contributed by atoms with E-state index in [-0.39, 0.29) is 11.9 Å². The highest BCUT2D eigenvalue weighted by molar-refractivity contribution is 5.25. The molecule has 1 N–H and O–H groups in total. The predicted octanol–water partition coefficient (Wildman–Crippen LogP) is 4.68. The van der Waals surface area contributed by atoms with Gasteiger partial charge in [-0.25, -0.2) is 4.39 Å². The third kappa shape index (κ3) is 4.17. The van der Waals surface area contributed by atoms with Crippen molar-refractivity contribution in [2.75, 3.05) is 6.54 Å². The van der Waals surface area contributed by atoms with Gasteiger partial charge in [-0.15, -0.1) is 0 Å². The molecule has 0 bridgehead atoms. The van der Waals surface area contributed by atoms with Crippen LogP contribution in [0.25, 0.3) is 0 Å². The summed E-state index contributed by atoms with van der Waals surface area (Å²) in [7, 11) is 0. The van der Waals surface area contributed by atoms with E-state index in [0.717, 1.165) is 18.5 Å². The van der Waals surface area contributed by atoms with Crippen molar-refractivity contribution in [3.8, 4) is 0 Å². The fourth-order valence-corrected chi connectivity index (χ4v) is 2.58. The van der Waals surface area contributed by atoms with E-state index < -0.39 is 0 Å². The van der Waals surface area contributed by atoms with Crippen LogP contribution in [0.4, 0.5) is 4.39 Å². The minimum Gasteiger partial charge on any atom is -0.310 e. The molecule has 2 heteroatoms. The lowest BCUT2D eigenvalue weighted by Gasteiger charge is -2.17. The van der Waals surface area contributed by atoms with Gasteiger partial charge in [0.05, 0.1) is 0 Å². The second-order valence-electron chi connectivity index (χ2n) is 5.54. The molecule has 0 aliphatic heterocycles.